The molecule has 0 spiro atoms. The van der Waals surface area contributed by atoms with Gasteiger partial charge in [-0.3, -0.25) is 4.79 Å². The molecular weight excluding hydrogens is 224 g/mol. The van der Waals surface area contributed by atoms with E-state index in [-0.39, 0.29) is 5.97 Å². The first-order chi connectivity index (χ1) is 8.72. The fourth-order valence-corrected chi connectivity index (χ4v) is 1.40. The van der Waals surface area contributed by atoms with Crippen LogP contribution in [0, 0.1) is 0 Å². The van der Waals surface area contributed by atoms with Crippen LogP contribution in [0.2, 0.25) is 0 Å². The van der Waals surface area contributed by atoms with E-state index in [0.717, 1.165) is 25.7 Å². The number of carbonyl (C=O) groups is 1. The van der Waals surface area contributed by atoms with Crippen molar-refractivity contribution in [3.8, 4) is 0 Å². The third-order valence-corrected chi connectivity index (χ3v) is 2.70. The lowest BCUT2D eigenvalue weighted by atomic mass is 10.2. The van der Waals surface area contributed by atoms with E-state index < -0.39 is 0 Å². The SMILES string of the molecule is CCCCCCC.CCCCOC(=O)CCCC. The molecule has 0 amide bonds. The van der Waals surface area contributed by atoms with Gasteiger partial charge < -0.3 is 4.74 Å². The summed E-state index contributed by atoms with van der Waals surface area (Å²) in [5.74, 6) is -0.0414. The van der Waals surface area contributed by atoms with Crippen LogP contribution in [0.25, 0.3) is 0 Å². The number of unbranched alkanes of at least 4 members (excludes halogenated alkanes) is 6. The molecule has 0 heterocycles. The minimum atomic E-state index is -0.0414. The molecule has 110 valence electrons. The second kappa shape index (κ2) is 18.8. The van der Waals surface area contributed by atoms with Gasteiger partial charge in [-0.15, -0.1) is 0 Å². The van der Waals surface area contributed by atoms with Crippen molar-refractivity contribution in [3.05, 3.63) is 0 Å². The van der Waals surface area contributed by atoms with Gasteiger partial charge in [-0.2, -0.15) is 0 Å². The van der Waals surface area contributed by atoms with Crippen molar-refractivity contribution in [1.82, 2.24) is 0 Å². The Morgan fingerprint density at radius 3 is 1.67 bits per heavy atom. The lowest BCUT2D eigenvalue weighted by Crippen LogP contribution is -2.04. The summed E-state index contributed by atoms with van der Waals surface area (Å²) in [6, 6.07) is 0. The van der Waals surface area contributed by atoms with E-state index in [1.807, 2.05) is 0 Å². The number of hydrogen-bond acceptors (Lipinski definition) is 2. The fraction of sp³-hybridized carbons (Fsp3) is 0.938. The quantitative estimate of drug-likeness (QED) is 0.382. The fourth-order valence-electron chi connectivity index (χ4n) is 1.40. The molecule has 0 radical (unpaired) electrons. The van der Waals surface area contributed by atoms with Gasteiger partial charge in [-0.1, -0.05) is 72.6 Å². The van der Waals surface area contributed by atoms with E-state index in [2.05, 4.69) is 27.7 Å². The Kier molecular flexibility index (Phi) is 20.7. The molecule has 0 aromatic rings. The molecular formula is C16H34O2. The predicted molar refractivity (Wildman–Crippen MR) is 79.8 cm³/mol. The molecule has 0 fully saturated rings. The van der Waals surface area contributed by atoms with Crippen molar-refractivity contribution in [3.63, 3.8) is 0 Å². The van der Waals surface area contributed by atoms with Gasteiger partial charge in [-0.25, -0.2) is 0 Å². The van der Waals surface area contributed by atoms with Crippen LogP contribution in [0.5, 0.6) is 0 Å². The Bertz CT molecular complexity index is 151. The zero-order valence-corrected chi connectivity index (χ0v) is 13.1. The highest BCUT2D eigenvalue weighted by Gasteiger charge is 1.99. The summed E-state index contributed by atoms with van der Waals surface area (Å²) in [6.45, 7) is 9.24. The van der Waals surface area contributed by atoms with Gasteiger partial charge >= 0.3 is 5.97 Å². The first kappa shape index (κ1) is 19.8. The first-order valence-electron chi connectivity index (χ1n) is 7.88. The molecule has 18 heavy (non-hydrogen) atoms. The summed E-state index contributed by atoms with van der Waals surface area (Å²) in [7, 11) is 0. The Morgan fingerprint density at radius 1 is 0.722 bits per heavy atom. The average Bonchev–Trinajstić information content (AvgIpc) is 2.38. The van der Waals surface area contributed by atoms with Crippen molar-refractivity contribution in [2.45, 2.75) is 91.9 Å². The molecule has 0 aromatic heterocycles. The topological polar surface area (TPSA) is 26.3 Å². The molecule has 0 aliphatic carbocycles. The first-order valence-corrected chi connectivity index (χ1v) is 7.88. The van der Waals surface area contributed by atoms with Crippen molar-refractivity contribution in [2.24, 2.45) is 0 Å². The minimum absolute atomic E-state index is 0.0414. The second-order valence-corrected chi connectivity index (χ2v) is 4.74. The molecule has 0 saturated carbocycles. The van der Waals surface area contributed by atoms with Gasteiger partial charge in [0.05, 0.1) is 6.61 Å². The van der Waals surface area contributed by atoms with Gasteiger partial charge in [-0.05, 0) is 12.8 Å². The van der Waals surface area contributed by atoms with E-state index in [4.69, 9.17) is 4.74 Å². The molecule has 0 atom stereocenters. The van der Waals surface area contributed by atoms with E-state index in [0.29, 0.717) is 13.0 Å². The summed E-state index contributed by atoms with van der Waals surface area (Å²) in [5.41, 5.74) is 0. The van der Waals surface area contributed by atoms with Crippen LogP contribution in [0.15, 0.2) is 0 Å². The number of rotatable bonds is 10. The van der Waals surface area contributed by atoms with Crippen molar-refractivity contribution < 1.29 is 9.53 Å². The monoisotopic (exact) mass is 258 g/mol. The lowest BCUT2D eigenvalue weighted by molar-refractivity contribution is -0.143. The molecule has 0 aromatic carbocycles. The summed E-state index contributed by atoms with van der Waals surface area (Å²) < 4.78 is 4.95. The molecule has 0 saturated heterocycles. The molecule has 0 aliphatic heterocycles. The van der Waals surface area contributed by atoms with Gasteiger partial charge in [0.15, 0.2) is 0 Å². The van der Waals surface area contributed by atoms with Crippen LogP contribution in [0.3, 0.4) is 0 Å². The average molecular weight is 258 g/mol. The summed E-state index contributed by atoms with van der Waals surface area (Å²) in [5, 5.41) is 0. The Hall–Kier alpha value is -0.530. The maximum absolute atomic E-state index is 10.9. The Balaban J connectivity index is 0. The highest BCUT2D eigenvalue weighted by molar-refractivity contribution is 5.69. The summed E-state index contributed by atoms with van der Waals surface area (Å²) >= 11 is 0. The maximum Gasteiger partial charge on any atom is 0.305 e. The summed E-state index contributed by atoms with van der Waals surface area (Å²) in [6.07, 6.45) is 11.7. The lowest BCUT2D eigenvalue weighted by Gasteiger charge is -2.01. The van der Waals surface area contributed by atoms with Crippen molar-refractivity contribution in [1.29, 1.82) is 0 Å². The maximum atomic E-state index is 10.9. The molecule has 2 nitrogen and oxygen atoms in total. The van der Waals surface area contributed by atoms with Crippen LogP contribution in [-0.2, 0) is 9.53 Å². The van der Waals surface area contributed by atoms with Crippen LogP contribution in [-0.4, -0.2) is 12.6 Å². The highest BCUT2D eigenvalue weighted by atomic mass is 16.5. The third kappa shape index (κ3) is 20.8. The smallest absolute Gasteiger partial charge is 0.305 e. The van der Waals surface area contributed by atoms with E-state index >= 15 is 0 Å². The normalized spacial score (nSPS) is 9.56. The summed E-state index contributed by atoms with van der Waals surface area (Å²) in [4.78, 5) is 10.9. The largest absolute Gasteiger partial charge is 0.466 e. The number of ether oxygens (including phenoxy) is 1. The van der Waals surface area contributed by atoms with E-state index in [1.54, 1.807) is 0 Å². The highest BCUT2D eigenvalue weighted by Crippen LogP contribution is 2.00. The standard InChI is InChI=1S/C9H18O2.C7H16/c1-3-5-7-9(10)11-8-6-4-2;1-3-5-7-6-4-2/h3-8H2,1-2H3;3-7H2,1-2H3. The number of hydrogen-bond donors (Lipinski definition) is 0. The van der Waals surface area contributed by atoms with Gasteiger partial charge in [0.25, 0.3) is 0 Å². The van der Waals surface area contributed by atoms with E-state index in [9.17, 15) is 4.79 Å². The van der Waals surface area contributed by atoms with Crippen molar-refractivity contribution >= 4 is 5.97 Å². The molecule has 0 aliphatic rings. The zero-order valence-electron chi connectivity index (χ0n) is 13.1. The molecule has 0 rings (SSSR count). The van der Waals surface area contributed by atoms with Crippen molar-refractivity contribution in [2.75, 3.05) is 6.61 Å². The molecule has 0 unspecified atom stereocenters. The van der Waals surface area contributed by atoms with E-state index in [1.165, 1.54) is 32.1 Å². The molecule has 0 N–H and O–H groups in total. The number of carbonyl (C=O) groups excluding carboxylic acids is 1. The van der Waals surface area contributed by atoms with Crippen LogP contribution in [0.1, 0.15) is 91.9 Å². The van der Waals surface area contributed by atoms with Gasteiger partial charge in [0.2, 0.25) is 0 Å². The second-order valence-electron chi connectivity index (χ2n) is 4.74. The van der Waals surface area contributed by atoms with Gasteiger partial charge in [0, 0.05) is 6.42 Å². The zero-order chi connectivity index (χ0) is 14.1. The van der Waals surface area contributed by atoms with Crippen LogP contribution in [0.4, 0.5) is 0 Å². The molecule has 0 bridgehead atoms. The van der Waals surface area contributed by atoms with Crippen LogP contribution < -0.4 is 0 Å². The predicted octanol–water partition coefficient (Wildman–Crippen LogP) is 5.50. The van der Waals surface area contributed by atoms with Gasteiger partial charge in [0.1, 0.15) is 0 Å². The third-order valence-electron chi connectivity index (χ3n) is 2.70. The Labute approximate surface area is 114 Å². The van der Waals surface area contributed by atoms with Crippen LogP contribution >= 0.6 is 0 Å². The minimum Gasteiger partial charge on any atom is -0.466 e. The Morgan fingerprint density at radius 2 is 1.22 bits per heavy atom. The number of esters is 1. The molecule has 2 heteroatoms.